The molecule has 0 unspecified atom stereocenters. The summed E-state index contributed by atoms with van der Waals surface area (Å²) in [4.78, 5) is 0. The second-order valence-corrected chi connectivity index (χ2v) is 5.26. The van der Waals surface area contributed by atoms with E-state index in [4.69, 9.17) is 0 Å². The molecular weight excluding hydrogens is 318 g/mol. The molecule has 0 saturated heterocycles. The van der Waals surface area contributed by atoms with Gasteiger partial charge in [-0.3, -0.25) is 0 Å². The minimum absolute atomic E-state index is 0.143. The summed E-state index contributed by atoms with van der Waals surface area (Å²) in [5, 5.41) is 11.0. The molecule has 19 heavy (non-hydrogen) atoms. The molecule has 0 aliphatic heterocycles. The number of aromatic nitrogens is 3. The highest BCUT2D eigenvalue weighted by molar-refractivity contribution is 9.10. The lowest BCUT2D eigenvalue weighted by Gasteiger charge is -2.06. The van der Waals surface area contributed by atoms with Crippen molar-refractivity contribution in [2.75, 3.05) is 0 Å². The zero-order valence-corrected chi connectivity index (χ0v) is 12.1. The highest BCUT2D eigenvalue weighted by Crippen LogP contribution is 2.24. The van der Waals surface area contributed by atoms with E-state index < -0.39 is 11.6 Å². The Balaban J connectivity index is 2.28. The van der Waals surface area contributed by atoms with Gasteiger partial charge in [0.15, 0.2) is 5.82 Å². The molecule has 1 N–H and O–H groups in total. The summed E-state index contributed by atoms with van der Waals surface area (Å²) in [6.07, 6.45) is 1.61. The summed E-state index contributed by atoms with van der Waals surface area (Å²) in [7, 11) is 0. The van der Waals surface area contributed by atoms with Crippen molar-refractivity contribution in [2.45, 2.75) is 26.4 Å². The van der Waals surface area contributed by atoms with Gasteiger partial charge in [-0.1, -0.05) is 19.1 Å². The van der Waals surface area contributed by atoms with Crippen molar-refractivity contribution in [1.29, 1.82) is 0 Å². The van der Waals surface area contributed by atoms with E-state index in [1.807, 2.05) is 13.8 Å². The van der Waals surface area contributed by atoms with E-state index in [1.165, 1.54) is 10.7 Å². The van der Waals surface area contributed by atoms with Gasteiger partial charge in [0.25, 0.3) is 0 Å². The van der Waals surface area contributed by atoms with Gasteiger partial charge in [-0.2, -0.15) is 0 Å². The predicted molar refractivity (Wildman–Crippen MR) is 71.0 cm³/mol. The first kappa shape index (κ1) is 14.1. The van der Waals surface area contributed by atoms with Gasteiger partial charge in [0, 0.05) is 23.1 Å². The molecule has 0 radical (unpaired) electrons. The second kappa shape index (κ2) is 5.75. The zero-order valence-electron chi connectivity index (χ0n) is 10.5. The standard InChI is InChI=1S/C12H13BrF2N4/c1-7(2)16-5-9-6-19(18-17-9)12-10(13)3-8(14)4-11(12)15/h3-4,6-7,16H,5H2,1-2H3. The van der Waals surface area contributed by atoms with Crippen LogP contribution in [-0.4, -0.2) is 21.0 Å². The number of nitrogens with one attached hydrogen (secondary N) is 1. The van der Waals surface area contributed by atoms with Crippen LogP contribution in [0.15, 0.2) is 22.8 Å². The molecule has 4 nitrogen and oxygen atoms in total. The Labute approximate surface area is 117 Å². The highest BCUT2D eigenvalue weighted by atomic mass is 79.9. The number of halogens is 3. The topological polar surface area (TPSA) is 42.7 Å². The van der Waals surface area contributed by atoms with Crippen LogP contribution < -0.4 is 5.32 Å². The maximum absolute atomic E-state index is 13.7. The summed E-state index contributed by atoms with van der Waals surface area (Å²) < 4.78 is 28.3. The van der Waals surface area contributed by atoms with Crippen molar-refractivity contribution in [3.63, 3.8) is 0 Å². The Morgan fingerprint density at radius 1 is 1.37 bits per heavy atom. The van der Waals surface area contributed by atoms with Gasteiger partial charge >= 0.3 is 0 Å². The normalized spacial score (nSPS) is 11.3. The van der Waals surface area contributed by atoms with Crippen LogP contribution in [0.1, 0.15) is 19.5 Å². The van der Waals surface area contributed by atoms with E-state index in [0.29, 0.717) is 22.8 Å². The number of nitrogens with zero attached hydrogens (tertiary/aromatic N) is 3. The number of hydrogen-bond donors (Lipinski definition) is 1. The van der Waals surface area contributed by atoms with E-state index in [0.717, 1.165) is 6.07 Å². The Morgan fingerprint density at radius 3 is 2.74 bits per heavy atom. The molecule has 2 rings (SSSR count). The lowest BCUT2D eigenvalue weighted by molar-refractivity contribution is 0.569. The van der Waals surface area contributed by atoms with Gasteiger partial charge in [-0.15, -0.1) is 5.10 Å². The first-order chi connectivity index (χ1) is 8.97. The molecule has 0 saturated carbocycles. The fourth-order valence-electron chi connectivity index (χ4n) is 1.55. The molecule has 0 aliphatic carbocycles. The molecule has 2 aromatic rings. The van der Waals surface area contributed by atoms with Crippen molar-refractivity contribution in [3.8, 4) is 5.69 Å². The summed E-state index contributed by atoms with van der Waals surface area (Å²) in [5.74, 6) is -1.34. The Bertz CT molecular complexity index is 560. The maximum Gasteiger partial charge on any atom is 0.152 e. The van der Waals surface area contributed by atoms with Gasteiger partial charge in [-0.25, -0.2) is 13.5 Å². The highest BCUT2D eigenvalue weighted by Gasteiger charge is 2.13. The monoisotopic (exact) mass is 330 g/mol. The molecule has 0 spiro atoms. The third kappa shape index (κ3) is 3.36. The molecular formula is C12H13BrF2N4. The largest absolute Gasteiger partial charge is 0.309 e. The number of hydrogen-bond acceptors (Lipinski definition) is 3. The van der Waals surface area contributed by atoms with Crippen LogP contribution in [0.5, 0.6) is 0 Å². The van der Waals surface area contributed by atoms with Gasteiger partial charge in [-0.05, 0) is 22.0 Å². The zero-order chi connectivity index (χ0) is 14.0. The second-order valence-electron chi connectivity index (χ2n) is 4.41. The lowest BCUT2D eigenvalue weighted by atomic mass is 10.3. The molecule has 0 fully saturated rings. The van der Waals surface area contributed by atoms with Crippen LogP contribution in [0.4, 0.5) is 8.78 Å². The van der Waals surface area contributed by atoms with Crippen molar-refractivity contribution >= 4 is 15.9 Å². The first-order valence-electron chi connectivity index (χ1n) is 5.77. The van der Waals surface area contributed by atoms with Crippen LogP contribution >= 0.6 is 15.9 Å². The SMILES string of the molecule is CC(C)NCc1cn(-c2c(F)cc(F)cc2Br)nn1. The van der Waals surface area contributed by atoms with Gasteiger partial charge in [0.1, 0.15) is 11.5 Å². The fraction of sp³-hybridized carbons (Fsp3) is 0.333. The lowest BCUT2D eigenvalue weighted by Crippen LogP contribution is -2.21. The smallest absolute Gasteiger partial charge is 0.152 e. The minimum Gasteiger partial charge on any atom is -0.309 e. The Kier molecular flexibility index (Phi) is 4.26. The summed E-state index contributed by atoms with van der Waals surface area (Å²) in [6.45, 7) is 4.57. The predicted octanol–water partition coefficient (Wildman–Crippen LogP) is 2.81. The Morgan fingerprint density at radius 2 is 2.11 bits per heavy atom. The summed E-state index contributed by atoms with van der Waals surface area (Å²) >= 11 is 3.12. The average Bonchev–Trinajstić information content (AvgIpc) is 2.73. The number of rotatable bonds is 4. The van der Waals surface area contributed by atoms with Crippen molar-refractivity contribution in [1.82, 2.24) is 20.3 Å². The molecule has 7 heteroatoms. The van der Waals surface area contributed by atoms with Crippen LogP contribution in [0.2, 0.25) is 0 Å². The molecule has 102 valence electrons. The molecule has 0 amide bonds. The quantitative estimate of drug-likeness (QED) is 0.937. The van der Waals surface area contributed by atoms with E-state index in [1.54, 1.807) is 6.20 Å². The van der Waals surface area contributed by atoms with E-state index in [9.17, 15) is 8.78 Å². The van der Waals surface area contributed by atoms with Crippen LogP contribution in [-0.2, 0) is 6.54 Å². The van der Waals surface area contributed by atoms with Crippen molar-refractivity contribution < 1.29 is 8.78 Å². The molecule has 0 bridgehead atoms. The third-order valence-electron chi connectivity index (χ3n) is 2.44. The van der Waals surface area contributed by atoms with E-state index in [2.05, 4.69) is 31.6 Å². The van der Waals surface area contributed by atoms with E-state index in [-0.39, 0.29) is 5.69 Å². The van der Waals surface area contributed by atoms with Crippen LogP contribution in [0.3, 0.4) is 0 Å². The van der Waals surface area contributed by atoms with Gasteiger partial charge in [0.2, 0.25) is 0 Å². The van der Waals surface area contributed by atoms with Crippen molar-refractivity contribution in [2.24, 2.45) is 0 Å². The molecule has 1 aromatic carbocycles. The maximum atomic E-state index is 13.7. The van der Waals surface area contributed by atoms with Crippen molar-refractivity contribution in [3.05, 3.63) is 40.1 Å². The fourth-order valence-corrected chi connectivity index (χ4v) is 2.14. The van der Waals surface area contributed by atoms with Crippen LogP contribution in [0.25, 0.3) is 5.69 Å². The molecule has 1 aromatic heterocycles. The van der Waals surface area contributed by atoms with Gasteiger partial charge in [0.05, 0.1) is 11.9 Å². The summed E-state index contributed by atoms with van der Waals surface area (Å²) in [6, 6.07) is 2.32. The summed E-state index contributed by atoms with van der Waals surface area (Å²) in [5.41, 5.74) is 0.828. The number of benzene rings is 1. The molecule has 0 atom stereocenters. The third-order valence-corrected chi connectivity index (χ3v) is 3.05. The minimum atomic E-state index is -0.694. The molecule has 1 heterocycles. The first-order valence-corrected chi connectivity index (χ1v) is 6.56. The van der Waals surface area contributed by atoms with Crippen LogP contribution in [0, 0.1) is 11.6 Å². The Hall–Kier alpha value is -1.34. The molecule has 0 aliphatic rings. The van der Waals surface area contributed by atoms with Gasteiger partial charge < -0.3 is 5.32 Å². The average molecular weight is 331 g/mol. The van der Waals surface area contributed by atoms with E-state index >= 15 is 0 Å².